The third kappa shape index (κ3) is 3.60. The Bertz CT molecular complexity index is 418. The predicted octanol–water partition coefficient (Wildman–Crippen LogP) is 3.07. The van der Waals surface area contributed by atoms with E-state index in [0.717, 1.165) is 10.9 Å². The summed E-state index contributed by atoms with van der Waals surface area (Å²) in [5, 5.41) is 0. The van der Waals surface area contributed by atoms with E-state index in [2.05, 4.69) is 22.5 Å². The minimum absolute atomic E-state index is 0.0504. The second-order valence-corrected chi connectivity index (χ2v) is 4.69. The van der Waals surface area contributed by atoms with E-state index in [4.69, 9.17) is 5.73 Å². The molecule has 2 N–H and O–H groups in total. The average Bonchev–Trinajstić information content (AvgIpc) is 2.31. The number of anilines is 1. The summed E-state index contributed by atoms with van der Waals surface area (Å²) in [5.41, 5.74) is 6.87. The van der Waals surface area contributed by atoms with Crippen LogP contribution in [-0.2, 0) is 0 Å². The number of nitrogen functional groups attached to an aromatic ring is 1. The molecule has 92 valence electrons. The van der Waals surface area contributed by atoms with Crippen molar-refractivity contribution in [3.05, 3.63) is 40.9 Å². The van der Waals surface area contributed by atoms with Crippen molar-refractivity contribution in [2.45, 2.75) is 13.3 Å². The number of nitrogens with zero attached hydrogens (tertiary/aromatic N) is 1. The molecule has 0 radical (unpaired) electrons. The fourth-order valence-corrected chi connectivity index (χ4v) is 1.95. The zero-order chi connectivity index (χ0) is 12.8. The molecular weight excluding hydrogens is 280 g/mol. The largest absolute Gasteiger partial charge is 0.398 e. The van der Waals surface area contributed by atoms with Crippen molar-refractivity contribution in [2.75, 3.05) is 18.8 Å². The van der Waals surface area contributed by atoms with Gasteiger partial charge in [-0.05, 0) is 24.6 Å². The molecule has 0 aliphatic heterocycles. The van der Waals surface area contributed by atoms with Crippen LogP contribution in [0.2, 0.25) is 0 Å². The summed E-state index contributed by atoms with van der Waals surface area (Å²) in [6, 6.07) is 5.31. The van der Waals surface area contributed by atoms with Crippen molar-refractivity contribution in [3.63, 3.8) is 0 Å². The molecule has 4 heteroatoms. The van der Waals surface area contributed by atoms with E-state index in [1.165, 1.54) is 0 Å². The summed E-state index contributed by atoms with van der Waals surface area (Å²) in [6.07, 6.45) is 2.63. The molecule has 1 rings (SSSR count). The lowest BCUT2D eigenvalue weighted by atomic mass is 10.1. The maximum absolute atomic E-state index is 12.3. The highest BCUT2D eigenvalue weighted by atomic mass is 79.9. The van der Waals surface area contributed by atoms with Crippen molar-refractivity contribution in [2.24, 2.45) is 0 Å². The SMILES string of the molecule is C=CCN(CCC)C(=O)c1cc(Br)ccc1N. The molecule has 0 aliphatic rings. The Kier molecular flexibility index (Phi) is 5.22. The van der Waals surface area contributed by atoms with E-state index in [1.807, 2.05) is 13.0 Å². The van der Waals surface area contributed by atoms with Crippen LogP contribution in [0.15, 0.2) is 35.3 Å². The number of nitrogens with two attached hydrogens (primary N) is 1. The van der Waals surface area contributed by atoms with E-state index < -0.39 is 0 Å². The number of hydrogen-bond donors (Lipinski definition) is 1. The minimum atomic E-state index is -0.0504. The van der Waals surface area contributed by atoms with Crippen molar-refractivity contribution in [1.82, 2.24) is 4.90 Å². The third-order valence-electron chi connectivity index (χ3n) is 2.38. The van der Waals surface area contributed by atoms with Crippen molar-refractivity contribution >= 4 is 27.5 Å². The molecule has 1 amide bonds. The molecule has 0 bridgehead atoms. The van der Waals surface area contributed by atoms with E-state index in [1.54, 1.807) is 23.1 Å². The maximum atomic E-state index is 12.3. The van der Waals surface area contributed by atoms with Crippen LogP contribution in [0, 0.1) is 0 Å². The minimum Gasteiger partial charge on any atom is -0.398 e. The Morgan fingerprint density at radius 2 is 2.29 bits per heavy atom. The number of benzene rings is 1. The Morgan fingerprint density at radius 3 is 2.88 bits per heavy atom. The number of hydrogen-bond acceptors (Lipinski definition) is 2. The van der Waals surface area contributed by atoms with Gasteiger partial charge in [0.25, 0.3) is 5.91 Å². The molecule has 0 fully saturated rings. The molecule has 0 aliphatic carbocycles. The van der Waals surface area contributed by atoms with Crippen LogP contribution in [0.3, 0.4) is 0 Å². The highest BCUT2D eigenvalue weighted by Crippen LogP contribution is 2.20. The lowest BCUT2D eigenvalue weighted by Crippen LogP contribution is -2.32. The van der Waals surface area contributed by atoms with E-state index >= 15 is 0 Å². The molecule has 0 saturated heterocycles. The Balaban J connectivity index is 2.99. The van der Waals surface area contributed by atoms with Crippen LogP contribution in [0.4, 0.5) is 5.69 Å². The third-order valence-corrected chi connectivity index (χ3v) is 2.87. The van der Waals surface area contributed by atoms with E-state index in [9.17, 15) is 4.79 Å². The number of carbonyl (C=O) groups excluding carboxylic acids is 1. The van der Waals surface area contributed by atoms with Crippen LogP contribution in [0.25, 0.3) is 0 Å². The van der Waals surface area contributed by atoms with E-state index in [-0.39, 0.29) is 5.91 Å². The monoisotopic (exact) mass is 296 g/mol. The normalized spacial score (nSPS) is 10.0. The van der Waals surface area contributed by atoms with Gasteiger partial charge in [0.15, 0.2) is 0 Å². The Hall–Kier alpha value is -1.29. The molecule has 3 nitrogen and oxygen atoms in total. The van der Waals surface area contributed by atoms with Gasteiger partial charge in [-0.15, -0.1) is 6.58 Å². The second kappa shape index (κ2) is 6.45. The first kappa shape index (κ1) is 13.8. The molecule has 0 aromatic heterocycles. The molecule has 17 heavy (non-hydrogen) atoms. The summed E-state index contributed by atoms with van der Waals surface area (Å²) in [6.45, 7) is 6.95. The summed E-state index contributed by atoms with van der Waals surface area (Å²) >= 11 is 3.35. The predicted molar refractivity (Wildman–Crippen MR) is 74.9 cm³/mol. The van der Waals surface area contributed by atoms with Gasteiger partial charge in [0, 0.05) is 23.2 Å². The van der Waals surface area contributed by atoms with Gasteiger partial charge in [-0.25, -0.2) is 0 Å². The lowest BCUT2D eigenvalue weighted by Gasteiger charge is -2.21. The molecule has 0 saturated carbocycles. The highest BCUT2D eigenvalue weighted by Gasteiger charge is 2.16. The zero-order valence-electron chi connectivity index (χ0n) is 9.95. The van der Waals surface area contributed by atoms with Gasteiger partial charge in [0.1, 0.15) is 0 Å². The maximum Gasteiger partial charge on any atom is 0.256 e. The van der Waals surface area contributed by atoms with Gasteiger partial charge < -0.3 is 10.6 Å². The van der Waals surface area contributed by atoms with Gasteiger partial charge in [-0.3, -0.25) is 4.79 Å². The summed E-state index contributed by atoms with van der Waals surface area (Å²) in [5.74, 6) is -0.0504. The van der Waals surface area contributed by atoms with Crippen LogP contribution in [0.5, 0.6) is 0 Å². The molecular formula is C13H17BrN2O. The average molecular weight is 297 g/mol. The van der Waals surface area contributed by atoms with Crippen LogP contribution in [-0.4, -0.2) is 23.9 Å². The zero-order valence-corrected chi connectivity index (χ0v) is 11.5. The molecule has 1 aromatic rings. The van der Waals surface area contributed by atoms with Gasteiger partial charge in [0.05, 0.1) is 5.56 Å². The quantitative estimate of drug-likeness (QED) is 0.670. The summed E-state index contributed by atoms with van der Waals surface area (Å²) in [7, 11) is 0. The van der Waals surface area contributed by atoms with Crippen molar-refractivity contribution in [1.29, 1.82) is 0 Å². The molecule has 0 spiro atoms. The van der Waals surface area contributed by atoms with Gasteiger partial charge >= 0.3 is 0 Å². The Labute approximate surface area is 110 Å². The number of halogens is 1. The number of carbonyl (C=O) groups is 1. The van der Waals surface area contributed by atoms with Crippen molar-refractivity contribution in [3.8, 4) is 0 Å². The first-order valence-electron chi connectivity index (χ1n) is 5.55. The van der Waals surface area contributed by atoms with E-state index in [0.29, 0.717) is 24.3 Å². The lowest BCUT2D eigenvalue weighted by molar-refractivity contribution is 0.0775. The highest BCUT2D eigenvalue weighted by molar-refractivity contribution is 9.10. The second-order valence-electron chi connectivity index (χ2n) is 3.77. The fourth-order valence-electron chi connectivity index (χ4n) is 1.59. The smallest absolute Gasteiger partial charge is 0.256 e. The van der Waals surface area contributed by atoms with Gasteiger partial charge in [-0.1, -0.05) is 28.9 Å². The van der Waals surface area contributed by atoms with Crippen molar-refractivity contribution < 1.29 is 4.79 Å². The molecule has 1 aromatic carbocycles. The topological polar surface area (TPSA) is 46.3 Å². The number of rotatable bonds is 5. The molecule has 0 heterocycles. The van der Waals surface area contributed by atoms with Crippen LogP contribution < -0.4 is 5.73 Å². The first-order valence-corrected chi connectivity index (χ1v) is 6.34. The summed E-state index contributed by atoms with van der Waals surface area (Å²) < 4.78 is 0.852. The molecule has 0 unspecified atom stereocenters. The first-order chi connectivity index (χ1) is 8.10. The van der Waals surface area contributed by atoms with Gasteiger partial charge in [-0.2, -0.15) is 0 Å². The molecule has 0 atom stereocenters. The Morgan fingerprint density at radius 1 is 1.59 bits per heavy atom. The number of amides is 1. The van der Waals surface area contributed by atoms with Crippen LogP contribution >= 0.6 is 15.9 Å². The van der Waals surface area contributed by atoms with Crippen LogP contribution in [0.1, 0.15) is 23.7 Å². The van der Waals surface area contributed by atoms with Gasteiger partial charge in [0.2, 0.25) is 0 Å². The fraction of sp³-hybridized carbons (Fsp3) is 0.308. The summed E-state index contributed by atoms with van der Waals surface area (Å²) in [4.78, 5) is 14.0. The standard InChI is InChI=1S/C13H17BrN2O/c1-3-7-16(8-4-2)13(17)11-9-10(14)5-6-12(11)15/h3,5-6,9H,1,4,7-8,15H2,2H3.